The van der Waals surface area contributed by atoms with Crippen LogP contribution < -0.4 is 14.8 Å². The standard InChI is InChI=1S/C13H12N2O4/c1-8-4-10(15-19-8)6-14-13(16)9-2-3-11-12(5-9)18-7-17-11/h2-5H,6-7H2,1H3,(H,14,16). The lowest BCUT2D eigenvalue weighted by atomic mass is 10.2. The van der Waals surface area contributed by atoms with Crippen molar-refractivity contribution in [3.63, 3.8) is 0 Å². The molecule has 1 aliphatic rings. The van der Waals surface area contributed by atoms with Crippen LogP contribution in [0.4, 0.5) is 0 Å². The predicted octanol–water partition coefficient (Wildman–Crippen LogP) is 1.64. The van der Waals surface area contributed by atoms with Gasteiger partial charge in [0.15, 0.2) is 11.5 Å². The molecule has 1 amide bonds. The molecule has 0 spiro atoms. The number of nitrogens with zero attached hydrogens (tertiary/aromatic N) is 1. The largest absolute Gasteiger partial charge is 0.454 e. The van der Waals surface area contributed by atoms with Crippen molar-refractivity contribution in [2.75, 3.05) is 6.79 Å². The molecule has 6 heteroatoms. The van der Waals surface area contributed by atoms with Crippen molar-refractivity contribution in [1.29, 1.82) is 0 Å². The van der Waals surface area contributed by atoms with Crippen molar-refractivity contribution in [3.8, 4) is 11.5 Å². The molecule has 2 heterocycles. The number of fused-ring (bicyclic) bond motifs is 1. The normalized spacial score (nSPS) is 12.5. The summed E-state index contributed by atoms with van der Waals surface area (Å²) in [5.74, 6) is 1.76. The average Bonchev–Trinajstić information content (AvgIpc) is 3.03. The van der Waals surface area contributed by atoms with Gasteiger partial charge in [0.25, 0.3) is 5.91 Å². The van der Waals surface area contributed by atoms with E-state index in [0.29, 0.717) is 35.1 Å². The summed E-state index contributed by atoms with van der Waals surface area (Å²) in [5, 5.41) is 6.57. The molecule has 1 aliphatic heterocycles. The number of aryl methyl sites for hydroxylation is 1. The average molecular weight is 260 g/mol. The van der Waals surface area contributed by atoms with Crippen LogP contribution in [0.5, 0.6) is 11.5 Å². The van der Waals surface area contributed by atoms with Crippen molar-refractivity contribution in [3.05, 3.63) is 41.3 Å². The molecule has 19 heavy (non-hydrogen) atoms. The lowest BCUT2D eigenvalue weighted by molar-refractivity contribution is 0.0949. The second kappa shape index (κ2) is 4.64. The fraction of sp³-hybridized carbons (Fsp3) is 0.231. The molecule has 6 nitrogen and oxygen atoms in total. The van der Waals surface area contributed by atoms with E-state index in [1.165, 1.54) is 0 Å². The molecule has 1 aromatic heterocycles. The lowest BCUT2D eigenvalue weighted by Gasteiger charge is -2.04. The Bertz CT molecular complexity index is 621. The number of carbonyl (C=O) groups is 1. The molecule has 1 N–H and O–H groups in total. The smallest absolute Gasteiger partial charge is 0.251 e. The maximum absolute atomic E-state index is 12.0. The molecule has 0 aliphatic carbocycles. The highest BCUT2D eigenvalue weighted by Gasteiger charge is 2.16. The van der Waals surface area contributed by atoms with Crippen molar-refractivity contribution in [1.82, 2.24) is 10.5 Å². The molecular formula is C13H12N2O4. The van der Waals surface area contributed by atoms with Gasteiger partial charge < -0.3 is 19.3 Å². The van der Waals surface area contributed by atoms with Crippen LogP contribution in [0.25, 0.3) is 0 Å². The van der Waals surface area contributed by atoms with Crippen LogP contribution in [0.1, 0.15) is 21.8 Å². The summed E-state index contributed by atoms with van der Waals surface area (Å²) in [6.45, 7) is 2.32. The first kappa shape index (κ1) is 11.6. The van der Waals surface area contributed by atoms with Gasteiger partial charge in [-0.1, -0.05) is 5.16 Å². The summed E-state index contributed by atoms with van der Waals surface area (Å²) >= 11 is 0. The Hall–Kier alpha value is -2.50. The highest BCUT2D eigenvalue weighted by Crippen LogP contribution is 2.32. The van der Waals surface area contributed by atoms with E-state index < -0.39 is 0 Å². The molecular weight excluding hydrogens is 248 g/mol. The van der Waals surface area contributed by atoms with Crippen LogP contribution in [-0.4, -0.2) is 17.9 Å². The Balaban J connectivity index is 1.67. The highest BCUT2D eigenvalue weighted by molar-refractivity contribution is 5.94. The number of aromatic nitrogens is 1. The van der Waals surface area contributed by atoms with Gasteiger partial charge in [-0.15, -0.1) is 0 Å². The number of hydrogen-bond donors (Lipinski definition) is 1. The van der Waals surface area contributed by atoms with E-state index in [-0.39, 0.29) is 12.7 Å². The van der Waals surface area contributed by atoms with Gasteiger partial charge in [-0.25, -0.2) is 0 Å². The summed E-state index contributed by atoms with van der Waals surface area (Å²) in [6.07, 6.45) is 0. The Morgan fingerprint density at radius 1 is 1.32 bits per heavy atom. The van der Waals surface area contributed by atoms with Crippen LogP contribution in [0, 0.1) is 6.92 Å². The monoisotopic (exact) mass is 260 g/mol. The van der Waals surface area contributed by atoms with Gasteiger partial charge in [0.2, 0.25) is 6.79 Å². The molecule has 0 fully saturated rings. The third-order valence-corrected chi connectivity index (χ3v) is 2.74. The quantitative estimate of drug-likeness (QED) is 0.908. The van der Waals surface area contributed by atoms with Gasteiger partial charge in [0, 0.05) is 11.6 Å². The van der Waals surface area contributed by atoms with Gasteiger partial charge in [0.05, 0.1) is 6.54 Å². The molecule has 98 valence electrons. The maximum atomic E-state index is 12.0. The van der Waals surface area contributed by atoms with Crippen molar-refractivity contribution in [2.45, 2.75) is 13.5 Å². The van der Waals surface area contributed by atoms with E-state index in [2.05, 4.69) is 10.5 Å². The Morgan fingerprint density at radius 3 is 2.95 bits per heavy atom. The predicted molar refractivity (Wildman–Crippen MR) is 65.0 cm³/mol. The number of amides is 1. The van der Waals surface area contributed by atoms with E-state index in [4.69, 9.17) is 14.0 Å². The minimum absolute atomic E-state index is 0.193. The molecule has 0 radical (unpaired) electrons. The second-order valence-electron chi connectivity index (χ2n) is 4.18. The van der Waals surface area contributed by atoms with Gasteiger partial charge in [0.1, 0.15) is 11.5 Å². The molecule has 1 aromatic carbocycles. The number of hydrogen-bond acceptors (Lipinski definition) is 5. The number of carbonyl (C=O) groups excluding carboxylic acids is 1. The first-order valence-electron chi connectivity index (χ1n) is 5.82. The van der Waals surface area contributed by atoms with Gasteiger partial charge >= 0.3 is 0 Å². The molecule has 0 atom stereocenters. The molecule has 0 unspecified atom stereocenters. The SMILES string of the molecule is Cc1cc(CNC(=O)c2ccc3c(c2)OCO3)no1. The summed E-state index contributed by atoms with van der Waals surface area (Å²) in [5.41, 5.74) is 1.20. The molecule has 3 rings (SSSR count). The minimum atomic E-state index is -0.195. The Morgan fingerprint density at radius 2 is 2.16 bits per heavy atom. The fourth-order valence-electron chi connectivity index (χ4n) is 1.81. The highest BCUT2D eigenvalue weighted by atomic mass is 16.7. The third kappa shape index (κ3) is 2.37. The third-order valence-electron chi connectivity index (χ3n) is 2.74. The number of rotatable bonds is 3. The van der Waals surface area contributed by atoms with E-state index in [0.717, 1.165) is 0 Å². The van der Waals surface area contributed by atoms with E-state index in [9.17, 15) is 4.79 Å². The maximum Gasteiger partial charge on any atom is 0.251 e. The van der Waals surface area contributed by atoms with E-state index in [1.54, 1.807) is 31.2 Å². The van der Waals surface area contributed by atoms with Crippen molar-refractivity contribution >= 4 is 5.91 Å². The summed E-state index contributed by atoms with van der Waals surface area (Å²) in [4.78, 5) is 12.0. The molecule has 2 aromatic rings. The van der Waals surface area contributed by atoms with Gasteiger partial charge in [-0.2, -0.15) is 0 Å². The van der Waals surface area contributed by atoms with E-state index >= 15 is 0 Å². The number of ether oxygens (including phenoxy) is 2. The van der Waals surface area contributed by atoms with Gasteiger partial charge in [-0.3, -0.25) is 4.79 Å². The fourth-order valence-corrected chi connectivity index (χ4v) is 1.81. The zero-order valence-corrected chi connectivity index (χ0v) is 10.3. The zero-order valence-electron chi connectivity index (χ0n) is 10.3. The molecule has 0 saturated carbocycles. The molecule has 0 saturated heterocycles. The van der Waals surface area contributed by atoms with Crippen LogP contribution >= 0.6 is 0 Å². The van der Waals surface area contributed by atoms with Crippen LogP contribution in [0.15, 0.2) is 28.8 Å². The topological polar surface area (TPSA) is 73.6 Å². The first-order valence-corrected chi connectivity index (χ1v) is 5.82. The van der Waals surface area contributed by atoms with Crippen molar-refractivity contribution < 1.29 is 18.8 Å². The summed E-state index contributed by atoms with van der Waals surface area (Å²) in [6, 6.07) is 6.85. The minimum Gasteiger partial charge on any atom is -0.454 e. The van der Waals surface area contributed by atoms with Gasteiger partial charge in [-0.05, 0) is 25.1 Å². The van der Waals surface area contributed by atoms with Crippen LogP contribution in [0.2, 0.25) is 0 Å². The van der Waals surface area contributed by atoms with Crippen LogP contribution in [-0.2, 0) is 6.54 Å². The Kier molecular flexibility index (Phi) is 2.83. The molecule has 0 bridgehead atoms. The zero-order chi connectivity index (χ0) is 13.2. The summed E-state index contributed by atoms with van der Waals surface area (Å²) in [7, 11) is 0. The number of benzene rings is 1. The van der Waals surface area contributed by atoms with Crippen molar-refractivity contribution in [2.24, 2.45) is 0 Å². The lowest BCUT2D eigenvalue weighted by Crippen LogP contribution is -2.22. The summed E-state index contributed by atoms with van der Waals surface area (Å²) < 4.78 is 15.3. The Labute approximate surface area is 109 Å². The first-order chi connectivity index (χ1) is 9.22. The van der Waals surface area contributed by atoms with E-state index in [1.807, 2.05) is 0 Å². The second-order valence-corrected chi connectivity index (χ2v) is 4.18. The number of nitrogens with one attached hydrogen (secondary N) is 1. The van der Waals surface area contributed by atoms with Crippen LogP contribution in [0.3, 0.4) is 0 Å².